The molecule has 0 fully saturated rings. The van der Waals surface area contributed by atoms with Crippen LogP contribution in [-0.4, -0.2) is 35.3 Å². The molecule has 3 rings (SSSR count). The largest absolute Gasteiger partial charge is 0.347 e. The van der Waals surface area contributed by atoms with Crippen LogP contribution in [0, 0.1) is 13.8 Å². The lowest BCUT2D eigenvalue weighted by molar-refractivity contribution is -0.129. The lowest BCUT2D eigenvalue weighted by atomic mass is 10.0. The van der Waals surface area contributed by atoms with Gasteiger partial charge in [0.15, 0.2) is 5.78 Å². The topological polar surface area (TPSA) is 59.4 Å². The first-order chi connectivity index (χ1) is 14.6. The van der Waals surface area contributed by atoms with E-state index in [0.717, 1.165) is 16.7 Å². The van der Waals surface area contributed by atoms with Gasteiger partial charge in [0.2, 0.25) is 5.91 Å². The van der Waals surface area contributed by atoms with Gasteiger partial charge in [-0.15, -0.1) is 11.3 Å². The molecule has 0 aliphatic carbocycles. The predicted molar refractivity (Wildman–Crippen MR) is 126 cm³/mol. The van der Waals surface area contributed by atoms with Crippen molar-refractivity contribution in [3.05, 3.63) is 89.3 Å². The number of halogens is 1. The number of thiazole rings is 1. The van der Waals surface area contributed by atoms with Gasteiger partial charge < -0.3 is 4.90 Å². The minimum Gasteiger partial charge on any atom is -0.347 e. The highest BCUT2D eigenvalue weighted by molar-refractivity contribution is 7.07. The minimum atomic E-state index is -0.311. The summed E-state index contributed by atoms with van der Waals surface area (Å²) in [6.45, 7) is 3.72. The fraction of sp³-hybridized carbons (Fsp3) is 0.208. The number of nitrogens with zero attached hydrogens (tertiary/aromatic N) is 2. The molecule has 0 saturated carbocycles. The number of hydrogen-bond donors (Lipinski definition) is 0. The molecule has 0 N–H and O–H groups in total. The first kappa shape index (κ1) is 22.7. The first-order valence-corrected chi connectivity index (χ1v) is 10.8. The van der Waals surface area contributed by atoms with Crippen molar-refractivity contribution in [2.24, 2.45) is 0 Å². The number of hydrogen-bond acceptors (Lipinski definition) is 4. The van der Waals surface area contributed by atoms with E-state index in [-0.39, 0.29) is 23.8 Å². The van der Waals surface area contributed by atoms with Crippen LogP contribution in [-0.2, 0) is 11.3 Å². The number of rotatable bonds is 5. The predicted octanol–water partition coefficient (Wildman–Crippen LogP) is 2.76. The summed E-state index contributed by atoms with van der Waals surface area (Å²) in [5, 5.41) is 0.602. The van der Waals surface area contributed by atoms with Crippen LogP contribution in [0.1, 0.15) is 27.0 Å². The van der Waals surface area contributed by atoms with Crippen LogP contribution in [0.5, 0.6) is 0 Å². The van der Waals surface area contributed by atoms with Gasteiger partial charge in [0.1, 0.15) is 11.2 Å². The Labute approximate surface area is 189 Å². The van der Waals surface area contributed by atoms with Gasteiger partial charge in [0, 0.05) is 30.8 Å². The Hall–Kier alpha value is -2.96. The van der Waals surface area contributed by atoms with Crippen LogP contribution in [0.15, 0.2) is 47.3 Å². The fourth-order valence-corrected chi connectivity index (χ4v) is 4.26. The van der Waals surface area contributed by atoms with Crippen molar-refractivity contribution in [1.82, 2.24) is 9.47 Å². The normalized spacial score (nSPS) is 12.3. The standard InChI is InChI=1S/C24H23ClN2O3S/c1-15-9-16(2)11-18(10-15)20(28)13-23-27(14-22(29)26(3)4)24(30)21(31-23)12-17-5-7-19(25)8-6-17/h5-13H,14H2,1-4H3. The second kappa shape index (κ2) is 9.45. The summed E-state index contributed by atoms with van der Waals surface area (Å²) in [6, 6.07) is 12.7. The van der Waals surface area contributed by atoms with Crippen molar-refractivity contribution < 1.29 is 9.59 Å². The molecule has 5 nitrogen and oxygen atoms in total. The molecule has 1 heterocycles. The lowest BCUT2D eigenvalue weighted by Gasteiger charge is -2.10. The van der Waals surface area contributed by atoms with Crippen molar-refractivity contribution >= 4 is 46.8 Å². The van der Waals surface area contributed by atoms with Gasteiger partial charge >= 0.3 is 0 Å². The molecule has 0 spiro atoms. The van der Waals surface area contributed by atoms with Crippen molar-refractivity contribution in [3.8, 4) is 0 Å². The quantitative estimate of drug-likeness (QED) is 0.557. The van der Waals surface area contributed by atoms with Crippen molar-refractivity contribution in [2.75, 3.05) is 14.1 Å². The van der Waals surface area contributed by atoms with Crippen LogP contribution < -0.4 is 14.8 Å². The number of ketones is 1. The summed E-state index contributed by atoms with van der Waals surface area (Å²) < 4.78 is 2.23. The molecule has 0 bridgehead atoms. The molecule has 160 valence electrons. The molecule has 0 radical (unpaired) electrons. The fourth-order valence-electron chi connectivity index (χ4n) is 3.09. The number of carbonyl (C=O) groups is 2. The Kier molecular flexibility index (Phi) is 6.93. The van der Waals surface area contributed by atoms with E-state index in [2.05, 4.69) is 0 Å². The molecule has 3 aromatic rings. The van der Waals surface area contributed by atoms with E-state index in [4.69, 9.17) is 11.6 Å². The van der Waals surface area contributed by atoms with Crippen molar-refractivity contribution in [3.63, 3.8) is 0 Å². The van der Waals surface area contributed by atoms with Gasteiger partial charge in [-0.3, -0.25) is 19.0 Å². The van der Waals surface area contributed by atoms with E-state index in [1.165, 1.54) is 26.9 Å². The van der Waals surface area contributed by atoms with Crippen LogP contribution >= 0.6 is 22.9 Å². The van der Waals surface area contributed by atoms with E-state index < -0.39 is 0 Å². The first-order valence-electron chi connectivity index (χ1n) is 9.65. The maximum Gasteiger partial charge on any atom is 0.269 e. The van der Waals surface area contributed by atoms with E-state index in [1.54, 1.807) is 44.4 Å². The van der Waals surface area contributed by atoms with Crippen molar-refractivity contribution in [1.29, 1.82) is 0 Å². The average Bonchev–Trinajstić information content (AvgIpc) is 2.97. The van der Waals surface area contributed by atoms with Crippen LogP contribution in [0.3, 0.4) is 0 Å². The van der Waals surface area contributed by atoms with E-state index >= 15 is 0 Å². The molecular formula is C24H23ClN2O3S. The number of aryl methyl sites for hydroxylation is 2. The number of carbonyl (C=O) groups excluding carboxylic acids is 2. The smallest absolute Gasteiger partial charge is 0.269 e. The lowest BCUT2D eigenvalue weighted by Crippen LogP contribution is -2.37. The third kappa shape index (κ3) is 5.60. The summed E-state index contributed by atoms with van der Waals surface area (Å²) in [7, 11) is 3.26. The molecular weight excluding hydrogens is 432 g/mol. The zero-order valence-electron chi connectivity index (χ0n) is 17.8. The zero-order valence-corrected chi connectivity index (χ0v) is 19.4. The summed E-state index contributed by atoms with van der Waals surface area (Å²) in [5.74, 6) is -0.441. The van der Waals surface area contributed by atoms with Crippen LogP contribution in [0.25, 0.3) is 12.2 Å². The average molecular weight is 455 g/mol. The van der Waals surface area contributed by atoms with E-state index in [1.807, 2.05) is 32.0 Å². The maximum absolute atomic E-state index is 13.1. The molecule has 31 heavy (non-hydrogen) atoms. The highest BCUT2D eigenvalue weighted by atomic mass is 35.5. The summed E-state index contributed by atoms with van der Waals surface area (Å²) in [5.41, 5.74) is 3.02. The number of amides is 1. The monoisotopic (exact) mass is 454 g/mol. The summed E-state index contributed by atoms with van der Waals surface area (Å²) >= 11 is 7.12. The molecule has 0 atom stereocenters. The Morgan fingerprint density at radius 3 is 2.26 bits per heavy atom. The summed E-state index contributed by atoms with van der Waals surface area (Å²) in [4.78, 5) is 39.7. The maximum atomic E-state index is 13.1. The third-order valence-electron chi connectivity index (χ3n) is 4.66. The van der Waals surface area contributed by atoms with Crippen LogP contribution in [0.4, 0.5) is 0 Å². The van der Waals surface area contributed by atoms with Crippen molar-refractivity contribution in [2.45, 2.75) is 20.4 Å². The van der Waals surface area contributed by atoms with Gasteiger partial charge in [-0.25, -0.2) is 0 Å². The number of aromatic nitrogens is 1. The molecule has 2 aromatic carbocycles. The molecule has 0 aliphatic rings. The highest BCUT2D eigenvalue weighted by Gasteiger charge is 2.13. The van der Waals surface area contributed by atoms with Gasteiger partial charge in [-0.1, -0.05) is 40.9 Å². The van der Waals surface area contributed by atoms with Crippen LogP contribution in [0.2, 0.25) is 5.02 Å². The Morgan fingerprint density at radius 1 is 1.06 bits per heavy atom. The highest BCUT2D eigenvalue weighted by Crippen LogP contribution is 2.11. The Balaban J connectivity index is 2.16. The molecule has 7 heteroatoms. The molecule has 0 saturated heterocycles. The summed E-state index contributed by atoms with van der Waals surface area (Å²) in [6.07, 6.45) is 3.17. The molecule has 1 aromatic heterocycles. The molecule has 0 unspecified atom stereocenters. The van der Waals surface area contributed by atoms with Gasteiger partial charge in [0.25, 0.3) is 5.56 Å². The van der Waals surface area contributed by atoms with Gasteiger partial charge in [0.05, 0.1) is 4.53 Å². The van der Waals surface area contributed by atoms with E-state index in [0.29, 0.717) is 19.8 Å². The second-order valence-corrected chi connectivity index (χ2v) is 9.06. The second-order valence-electron chi connectivity index (χ2n) is 7.56. The SMILES string of the molecule is Cc1cc(C)cc(C(=O)C=c2sc(=Cc3ccc(Cl)cc3)c(=O)n2CC(=O)N(C)C)c1. The van der Waals surface area contributed by atoms with Gasteiger partial charge in [-0.2, -0.15) is 0 Å². The Bertz CT molecular complexity index is 1300. The number of Topliss-reactive ketones (excluding diaryl/α,β-unsaturated/α-hetero) is 1. The third-order valence-corrected chi connectivity index (χ3v) is 5.97. The molecule has 1 amide bonds. The zero-order chi connectivity index (χ0) is 22.7. The van der Waals surface area contributed by atoms with Gasteiger partial charge in [-0.05, 0) is 49.8 Å². The number of benzene rings is 2. The number of likely N-dealkylation sites (N-methyl/N-ethyl adjacent to an activating group) is 1. The van der Waals surface area contributed by atoms with E-state index in [9.17, 15) is 14.4 Å². The Morgan fingerprint density at radius 2 is 1.68 bits per heavy atom. The minimum absolute atomic E-state index is 0.136. The molecule has 0 aliphatic heterocycles.